The van der Waals surface area contributed by atoms with Gasteiger partial charge in [0.2, 0.25) is 0 Å². The Morgan fingerprint density at radius 2 is 1.96 bits per heavy atom. The van der Waals surface area contributed by atoms with Crippen molar-refractivity contribution in [1.82, 2.24) is 10.2 Å². The maximum Gasteiger partial charge on any atom is 0.251 e. The summed E-state index contributed by atoms with van der Waals surface area (Å²) in [5.74, 6) is 0.785. The lowest BCUT2D eigenvalue weighted by Crippen LogP contribution is -2.35. The average Bonchev–Trinajstić information content (AvgIpc) is 3.41. The van der Waals surface area contributed by atoms with E-state index < -0.39 is 0 Å². The van der Waals surface area contributed by atoms with Crippen LogP contribution in [0.15, 0.2) is 48.5 Å². The molecule has 0 aromatic heterocycles. The molecule has 1 spiro atoms. The van der Waals surface area contributed by atoms with Gasteiger partial charge in [0.15, 0.2) is 0 Å². The number of nitrogens with zero attached hydrogens (tertiary/aromatic N) is 2. The van der Waals surface area contributed by atoms with Gasteiger partial charge in [-0.1, -0.05) is 30.3 Å². The Balaban J connectivity index is 1.44. The highest BCUT2D eigenvalue weighted by Crippen LogP contribution is 2.47. The van der Waals surface area contributed by atoms with Crippen LogP contribution in [0, 0.1) is 5.92 Å². The molecule has 0 bridgehead atoms. The number of amides is 1. The molecule has 3 aliphatic rings. The van der Waals surface area contributed by atoms with Crippen molar-refractivity contribution < 1.29 is 4.79 Å². The number of carbonyl (C=O) groups excluding carboxylic acids is 1. The summed E-state index contributed by atoms with van der Waals surface area (Å²) in [5.41, 5.74) is 4.97. The van der Waals surface area contributed by atoms with Gasteiger partial charge in [-0.2, -0.15) is 0 Å². The van der Waals surface area contributed by atoms with E-state index in [0.717, 1.165) is 44.7 Å². The van der Waals surface area contributed by atoms with E-state index in [1.807, 2.05) is 6.07 Å². The van der Waals surface area contributed by atoms with E-state index in [0.29, 0.717) is 5.92 Å². The molecule has 146 valence electrons. The van der Waals surface area contributed by atoms with Gasteiger partial charge in [0.05, 0.1) is 0 Å². The zero-order valence-electron chi connectivity index (χ0n) is 16.7. The molecule has 2 heterocycles. The summed E-state index contributed by atoms with van der Waals surface area (Å²) >= 11 is 0. The number of hydrogen-bond donors (Lipinski definition) is 1. The van der Waals surface area contributed by atoms with Crippen molar-refractivity contribution in [2.24, 2.45) is 5.92 Å². The first-order valence-corrected chi connectivity index (χ1v) is 10.5. The van der Waals surface area contributed by atoms with Crippen molar-refractivity contribution in [3.05, 3.63) is 65.2 Å². The van der Waals surface area contributed by atoms with Crippen LogP contribution in [-0.4, -0.2) is 44.0 Å². The first-order chi connectivity index (χ1) is 13.6. The number of nitrogens with one attached hydrogen (secondary N) is 1. The van der Waals surface area contributed by atoms with Crippen LogP contribution in [0.4, 0.5) is 5.69 Å². The van der Waals surface area contributed by atoms with Crippen LogP contribution in [0.1, 0.15) is 40.7 Å². The fraction of sp³-hybridized carbons (Fsp3) is 0.458. The van der Waals surface area contributed by atoms with E-state index in [-0.39, 0.29) is 11.3 Å². The van der Waals surface area contributed by atoms with E-state index in [1.54, 1.807) is 0 Å². The van der Waals surface area contributed by atoms with Crippen molar-refractivity contribution in [3.63, 3.8) is 0 Å². The number of benzene rings is 2. The number of fused-ring (bicyclic) bond motifs is 2. The van der Waals surface area contributed by atoms with Crippen LogP contribution in [0.25, 0.3) is 0 Å². The lowest BCUT2D eigenvalue weighted by atomic mass is 9.81. The Hall–Kier alpha value is -2.33. The molecule has 5 rings (SSSR count). The van der Waals surface area contributed by atoms with Crippen LogP contribution in [-0.2, 0) is 12.0 Å². The van der Waals surface area contributed by atoms with Gasteiger partial charge in [-0.05, 0) is 68.1 Å². The molecule has 1 atom stereocenters. The monoisotopic (exact) mass is 375 g/mol. The first-order valence-electron chi connectivity index (χ1n) is 10.5. The number of anilines is 1. The third-order valence-corrected chi connectivity index (χ3v) is 6.67. The second kappa shape index (κ2) is 6.93. The number of rotatable bonds is 5. The predicted molar refractivity (Wildman–Crippen MR) is 113 cm³/mol. The average molecular weight is 376 g/mol. The van der Waals surface area contributed by atoms with Gasteiger partial charge in [0.25, 0.3) is 5.91 Å². The minimum Gasteiger partial charge on any atom is -0.366 e. The van der Waals surface area contributed by atoms with Crippen LogP contribution < -0.4 is 10.2 Å². The van der Waals surface area contributed by atoms with Crippen LogP contribution in [0.5, 0.6) is 0 Å². The molecule has 4 nitrogen and oxygen atoms in total. The molecule has 2 aromatic rings. The highest BCUT2D eigenvalue weighted by Gasteiger charge is 2.46. The molecule has 1 amide bonds. The van der Waals surface area contributed by atoms with Gasteiger partial charge >= 0.3 is 0 Å². The number of likely N-dealkylation sites (tertiary alicyclic amines) is 1. The van der Waals surface area contributed by atoms with Crippen LogP contribution >= 0.6 is 0 Å². The minimum atomic E-state index is 0.0812. The molecule has 0 radical (unpaired) electrons. The van der Waals surface area contributed by atoms with Gasteiger partial charge in [-0.25, -0.2) is 0 Å². The summed E-state index contributed by atoms with van der Waals surface area (Å²) in [4.78, 5) is 17.6. The van der Waals surface area contributed by atoms with Crippen LogP contribution in [0.3, 0.4) is 0 Å². The Morgan fingerprint density at radius 1 is 1.14 bits per heavy atom. The number of hydrogen-bond acceptors (Lipinski definition) is 3. The summed E-state index contributed by atoms with van der Waals surface area (Å²) in [6.45, 7) is 4.97. The van der Waals surface area contributed by atoms with E-state index >= 15 is 0 Å². The molecular weight excluding hydrogens is 346 g/mol. The molecule has 1 aliphatic carbocycles. The standard InChI is InChI=1S/C24H29N3O/c1-26-12-11-24(16-26)17-27(15-19-5-3-2-4-6-19)22-10-9-20(13-21(22)24)23(28)25-14-18-7-8-18/h2-6,9-10,13,18H,7-8,11-12,14-17H2,1H3,(H,25,28). The molecular formula is C24H29N3O. The lowest BCUT2D eigenvalue weighted by molar-refractivity contribution is 0.0951. The van der Waals surface area contributed by atoms with Gasteiger partial charge in [-0.15, -0.1) is 0 Å². The maximum atomic E-state index is 12.7. The Labute approximate surface area is 167 Å². The van der Waals surface area contributed by atoms with Crippen molar-refractivity contribution in [3.8, 4) is 0 Å². The molecule has 2 aliphatic heterocycles. The smallest absolute Gasteiger partial charge is 0.251 e. The normalized spacial score (nSPS) is 24.0. The van der Waals surface area contributed by atoms with Crippen molar-refractivity contribution >= 4 is 11.6 Å². The highest BCUT2D eigenvalue weighted by atomic mass is 16.1. The molecule has 28 heavy (non-hydrogen) atoms. The second-order valence-corrected chi connectivity index (χ2v) is 9.00. The largest absolute Gasteiger partial charge is 0.366 e. The number of carbonyl (C=O) groups is 1. The van der Waals surface area contributed by atoms with Crippen LogP contribution in [0.2, 0.25) is 0 Å². The van der Waals surface area contributed by atoms with Gasteiger partial charge in [0, 0.05) is 42.8 Å². The van der Waals surface area contributed by atoms with Gasteiger partial charge in [-0.3, -0.25) is 4.79 Å². The molecule has 1 saturated heterocycles. The van der Waals surface area contributed by atoms with E-state index in [9.17, 15) is 4.79 Å². The first kappa shape index (κ1) is 17.7. The molecule has 2 aromatic carbocycles. The quantitative estimate of drug-likeness (QED) is 0.870. The summed E-state index contributed by atoms with van der Waals surface area (Å²) in [5, 5.41) is 3.13. The fourth-order valence-corrected chi connectivity index (χ4v) is 4.95. The Kier molecular flexibility index (Phi) is 4.39. The van der Waals surface area contributed by atoms with Gasteiger partial charge in [0.1, 0.15) is 0 Å². The van der Waals surface area contributed by atoms with E-state index in [2.05, 4.69) is 64.6 Å². The molecule has 1 saturated carbocycles. The highest BCUT2D eigenvalue weighted by molar-refractivity contribution is 5.95. The van der Waals surface area contributed by atoms with Crippen molar-refractivity contribution in [2.45, 2.75) is 31.2 Å². The minimum absolute atomic E-state index is 0.0812. The summed E-state index contributed by atoms with van der Waals surface area (Å²) in [7, 11) is 2.21. The Morgan fingerprint density at radius 3 is 2.68 bits per heavy atom. The summed E-state index contributed by atoms with van der Waals surface area (Å²) in [6, 6.07) is 17.1. The van der Waals surface area contributed by atoms with Crippen molar-refractivity contribution in [1.29, 1.82) is 0 Å². The van der Waals surface area contributed by atoms with E-state index in [1.165, 1.54) is 29.7 Å². The van der Waals surface area contributed by atoms with Gasteiger partial charge < -0.3 is 15.1 Å². The SMILES string of the molecule is CN1CCC2(C1)CN(Cc1ccccc1)c1ccc(C(=O)NCC3CC3)cc12. The third-order valence-electron chi connectivity index (χ3n) is 6.67. The maximum absolute atomic E-state index is 12.7. The number of likely N-dealkylation sites (N-methyl/N-ethyl adjacent to an activating group) is 1. The fourth-order valence-electron chi connectivity index (χ4n) is 4.95. The summed E-state index contributed by atoms with van der Waals surface area (Å²) < 4.78 is 0. The topological polar surface area (TPSA) is 35.6 Å². The van der Waals surface area contributed by atoms with Crippen molar-refractivity contribution in [2.75, 3.05) is 38.1 Å². The molecule has 1 unspecified atom stereocenters. The molecule has 1 N–H and O–H groups in total. The zero-order chi connectivity index (χ0) is 19.1. The zero-order valence-corrected chi connectivity index (χ0v) is 16.7. The summed E-state index contributed by atoms with van der Waals surface area (Å²) in [6.07, 6.45) is 3.68. The molecule has 4 heteroatoms. The lowest BCUT2D eigenvalue weighted by Gasteiger charge is -2.26. The second-order valence-electron chi connectivity index (χ2n) is 9.00. The van der Waals surface area contributed by atoms with E-state index in [4.69, 9.17) is 0 Å². The molecule has 2 fully saturated rings. The Bertz CT molecular complexity index is 877. The third kappa shape index (κ3) is 3.30. The predicted octanol–water partition coefficient (Wildman–Crippen LogP) is 3.42.